The summed E-state index contributed by atoms with van der Waals surface area (Å²) in [6.45, 7) is 9.82. The first-order valence-corrected chi connectivity index (χ1v) is 8.98. The summed E-state index contributed by atoms with van der Waals surface area (Å²) in [5, 5.41) is 0. The molecule has 0 aromatic heterocycles. The van der Waals surface area contributed by atoms with Crippen LogP contribution in [0.4, 0.5) is 0 Å². The largest absolute Gasteiger partial charge is 0.465 e. The van der Waals surface area contributed by atoms with Crippen LogP contribution in [0.5, 0.6) is 0 Å². The van der Waals surface area contributed by atoms with E-state index >= 15 is 0 Å². The van der Waals surface area contributed by atoms with Crippen LogP contribution in [0.2, 0.25) is 0 Å². The number of nitrogens with zero attached hydrogens (tertiary/aromatic N) is 1. The number of ether oxygens (including phenoxy) is 1. The monoisotopic (exact) mass is 339 g/mol. The Bertz CT molecular complexity index is 613. The van der Waals surface area contributed by atoms with E-state index in [1.807, 2.05) is 50.2 Å². The summed E-state index contributed by atoms with van der Waals surface area (Å²) in [5.41, 5.74) is 1.69. The second-order valence-corrected chi connectivity index (χ2v) is 6.85. The molecular weight excluding hydrogens is 310 g/mol. The van der Waals surface area contributed by atoms with Crippen molar-refractivity contribution in [3.63, 3.8) is 0 Å². The van der Waals surface area contributed by atoms with Crippen LogP contribution in [-0.4, -0.2) is 23.0 Å². The molecule has 3 heteroatoms. The number of hydrogen-bond acceptors (Lipinski definition) is 3. The molecule has 2 aromatic carbocycles. The molecule has 0 aliphatic rings. The second kappa shape index (κ2) is 8.82. The van der Waals surface area contributed by atoms with E-state index in [2.05, 4.69) is 43.0 Å². The zero-order valence-corrected chi connectivity index (χ0v) is 15.7. The average Bonchev–Trinajstić information content (AvgIpc) is 2.62. The van der Waals surface area contributed by atoms with Crippen LogP contribution in [-0.2, 0) is 22.6 Å². The maximum Gasteiger partial charge on any atom is 0.326 e. The van der Waals surface area contributed by atoms with E-state index in [1.165, 1.54) is 11.1 Å². The molecule has 2 aromatic rings. The Kier molecular flexibility index (Phi) is 6.77. The summed E-state index contributed by atoms with van der Waals surface area (Å²) in [6.07, 6.45) is 0. The van der Waals surface area contributed by atoms with Gasteiger partial charge in [0.1, 0.15) is 5.54 Å². The fourth-order valence-corrected chi connectivity index (χ4v) is 3.00. The van der Waals surface area contributed by atoms with E-state index in [0.29, 0.717) is 19.7 Å². The fourth-order valence-electron chi connectivity index (χ4n) is 3.00. The third-order valence-corrected chi connectivity index (χ3v) is 4.90. The van der Waals surface area contributed by atoms with Crippen molar-refractivity contribution in [3.05, 3.63) is 71.8 Å². The van der Waals surface area contributed by atoms with Gasteiger partial charge in [-0.3, -0.25) is 9.69 Å². The highest BCUT2D eigenvalue weighted by Crippen LogP contribution is 2.30. The molecule has 0 bridgehead atoms. The van der Waals surface area contributed by atoms with E-state index in [9.17, 15) is 4.79 Å². The topological polar surface area (TPSA) is 29.5 Å². The van der Waals surface area contributed by atoms with Gasteiger partial charge >= 0.3 is 5.97 Å². The number of rotatable bonds is 8. The molecule has 0 aliphatic heterocycles. The minimum Gasteiger partial charge on any atom is -0.465 e. The fraction of sp³-hybridized carbons (Fsp3) is 0.409. The van der Waals surface area contributed by atoms with E-state index in [0.717, 1.165) is 0 Å². The first-order chi connectivity index (χ1) is 12.0. The van der Waals surface area contributed by atoms with E-state index in [-0.39, 0.29) is 11.9 Å². The maximum atomic E-state index is 12.9. The van der Waals surface area contributed by atoms with Gasteiger partial charge in [-0.05, 0) is 30.9 Å². The van der Waals surface area contributed by atoms with Crippen molar-refractivity contribution in [2.24, 2.45) is 5.92 Å². The zero-order valence-electron chi connectivity index (χ0n) is 15.7. The Hall–Kier alpha value is -2.13. The van der Waals surface area contributed by atoms with Gasteiger partial charge in [-0.2, -0.15) is 0 Å². The van der Waals surface area contributed by atoms with Crippen molar-refractivity contribution in [1.29, 1.82) is 0 Å². The normalized spacial score (nSPS) is 13.7. The highest BCUT2D eigenvalue weighted by Gasteiger charge is 2.43. The van der Waals surface area contributed by atoms with Crippen molar-refractivity contribution in [1.82, 2.24) is 4.90 Å². The van der Waals surface area contributed by atoms with Gasteiger partial charge in [0.2, 0.25) is 0 Å². The predicted octanol–water partition coefficient (Wildman–Crippen LogP) is 4.67. The lowest BCUT2D eigenvalue weighted by molar-refractivity contribution is -0.161. The van der Waals surface area contributed by atoms with Crippen LogP contribution in [0.25, 0.3) is 0 Å². The molecule has 0 radical (unpaired) electrons. The molecule has 25 heavy (non-hydrogen) atoms. The highest BCUT2D eigenvalue weighted by molar-refractivity contribution is 5.80. The number of carbonyl (C=O) groups excluding carboxylic acids is 1. The van der Waals surface area contributed by atoms with E-state index < -0.39 is 5.54 Å². The molecule has 0 saturated carbocycles. The lowest BCUT2D eigenvalue weighted by atomic mass is 9.85. The molecule has 3 nitrogen and oxygen atoms in total. The number of esters is 1. The Balaban J connectivity index is 2.38. The molecule has 0 fully saturated rings. The average molecular weight is 339 g/mol. The summed E-state index contributed by atoms with van der Waals surface area (Å²) < 4.78 is 5.44. The van der Waals surface area contributed by atoms with E-state index in [4.69, 9.17) is 4.74 Å². The SMILES string of the molecule is CCOC(=O)C(C)(C(C)C)N(Cc1ccccc1)Cc1ccccc1. The molecule has 0 amide bonds. The number of carbonyl (C=O) groups is 1. The van der Waals surface area contributed by atoms with Gasteiger partial charge in [0, 0.05) is 13.1 Å². The molecule has 1 unspecified atom stereocenters. The van der Waals surface area contributed by atoms with Gasteiger partial charge in [0.25, 0.3) is 0 Å². The van der Waals surface area contributed by atoms with Crippen LogP contribution in [0, 0.1) is 5.92 Å². The molecule has 0 aliphatic carbocycles. The molecule has 0 N–H and O–H groups in total. The van der Waals surface area contributed by atoms with Crippen molar-refractivity contribution in [2.75, 3.05) is 6.61 Å². The van der Waals surface area contributed by atoms with Crippen molar-refractivity contribution in [3.8, 4) is 0 Å². The molecule has 1 atom stereocenters. The molecule has 0 saturated heterocycles. The smallest absolute Gasteiger partial charge is 0.326 e. The molecule has 134 valence electrons. The van der Waals surface area contributed by atoms with Gasteiger partial charge < -0.3 is 4.74 Å². The maximum absolute atomic E-state index is 12.9. The second-order valence-electron chi connectivity index (χ2n) is 6.85. The quantitative estimate of drug-likeness (QED) is 0.655. The Morgan fingerprint density at radius 2 is 1.40 bits per heavy atom. The van der Waals surface area contributed by atoms with E-state index in [1.54, 1.807) is 0 Å². The number of hydrogen-bond donors (Lipinski definition) is 0. The van der Waals surface area contributed by atoms with Gasteiger partial charge in [-0.15, -0.1) is 0 Å². The standard InChI is InChI=1S/C22H29NO2/c1-5-25-21(24)22(4,18(2)3)23(16-19-12-8-6-9-13-19)17-20-14-10-7-11-15-20/h6-15,18H,5,16-17H2,1-4H3. The summed E-state index contributed by atoms with van der Waals surface area (Å²) in [5.74, 6) is -0.0316. The minimum atomic E-state index is -0.693. The highest BCUT2D eigenvalue weighted by atomic mass is 16.5. The Morgan fingerprint density at radius 3 is 1.76 bits per heavy atom. The van der Waals surface area contributed by atoms with Gasteiger partial charge in [0.05, 0.1) is 6.61 Å². The van der Waals surface area contributed by atoms with Crippen LogP contribution in [0.15, 0.2) is 60.7 Å². The zero-order chi connectivity index (χ0) is 18.3. The lowest BCUT2D eigenvalue weighted by Crippen LogP contribution is -2.56. The molecule has 0 heterocycles. The Labute approximate surface area is 151 Å². The Morgan fingerprint density at radius 1 is 0.960 bits per heavy atom. The molecule has 0 spiro atoms. The predicted molar refractivity (Wildman–Crippen MR) is 102 cm³/mol. The first-order valence-electron chi connectivity index (χ1n) is 8.98. The molecule has 2 rings (SSSR count). The summed E-state index contributed by atoms with van der Waals surface area (Å²) >= 11 is 0. The third kappa shape index (κ3) is 4.70. The van der Waals surface area contributed by atoms with Crippen LogP contribution < -0.4 is 0 Å². The first kappa shape index (κ1) is 19.2. The third-order valence-electron chi connectivity index (χ3n) is 4.90. The van der Waals surface area contributed by atoms with Crippen LogP contribution >= 0.6 is 0 Å². The van der Waals surface area contributed by atoms with Crippen molar-refractivity contribution < 1.29 is 9.53 Å². The van der Waals surface area contributed by atoms with Crippen molar-refractivity contribution in [2.45, 2.75) is 46.3 Å². The van der Waals surface area contributed by atoms with Gasteiger partial charge in [-0.25, -0.2) is 0 Å². The van der Waals surface area contributed by atoms with Crippen LogP contribution in [0.1, 0.15) is 38.8 Å². The van der Waals surface area contributed by atoms with Crippen LogP contribution in [0.3, 0.4) is 0 Å². The lowest BCUT2D eigenvalue weighted by Gasteiger charge is -2.42. The summed E-state index contributed by atoms with van der Waals surface area (Å²) in [6, 6.07) is 20.6. The van der Waals surface area contributed by atoms with Gasteiger partial charge in [-0.1, -0.05) is 74.5 Å². The summed E-state index contributed by atoms with van der Waals surface area (Å²) in [4.78, 5) is 15.1. The molecular formula is C22H29NO2. The summed E-state index contributed by atoms with van der Waals surface area (Å²) in [7, 11) is 0. The van der Waals surface area contributed by atoms with Crippen molar-refractivity contribution >= 4 is 5.97 Å². The number of benzene rings is 2. The van der Waals surface area contributed by atoms with Gasteiger partial charge in [0.15, 0.2) is 0 Å². The minimum absolute atomic E-state index is 0.124.